The Labute approximate surface area is 177 Å². The van der Waals surface area contributed by atoms with Crippen LogP contribution in [0.4, 0.5) is 10.2 Å². The van der Waals surface area contributed by atoms with Gasteiger partial charge in [0.2, 0.25) is 0 Å². The van der Waals surface area contributed by atoms with Crippen molar-refractivity contribution in [3.63, 3.8) is 0 Å². The molecule has 0 atom stereocenters. The molecule has 0 bridgehead atoms. The highest BCUT2D eigenvalue weighted by Crippen LogP contribution is 2.35. The molecule has 0 unspecified atom stereocenters. The molecule has 0 radical (unpaired) electrons. The number of aryl methyl sites for hydroxylation is 1. The Morgan fingerprint density at radius 2 is 1.84 bits per heavy atom. The number of rotatable bonds is 4. The van der Waals surface area contributed by atoms with Crippen LogP contribution in [0.25, 0.3) is 16.8 Å². The number of aromatic nitrogens is 6. The molecule has 0 fully saturated rings. The maximum absolute atomic E-state index is 14.5. The quantitative estimate of drug-likeness (QED) is 0.660. The largest absolute Gasteiger partial charge is 0.421 e. The molecule has 4 heterocycles. The van der Waals surface area contributed by atoms with E-state index in [-0.39, 0.29) is 6.01 Å². The van der Waals surface area contributed by atoms with Gasteiger partial charge in [0.05, 0.1) is 30.2 Å². The number of ether oxygens (including phenoxy) is 1. The van der Waals surface area contributed by atoms with Gasteiger partial charge in [0.1, 0.15) is 23.8 Å². The molecule has 1 aliphatic heterocycles. The van der Waals surface area contributed by atoms with Gasteiger partial charge in [-0.15, -0.1) is 0 Å². The Morgan fingerprint density at radius 3 is 2.55 bits per heavy atom. The number of likely N-dealkylation sites (N-methyl/N-ethyl adjacent to an activating group) is 1. The van der Waals surface area contributed by atoms with Crippen LogP contribution >= 0.6 is 0 Å². The van der Waals surface area contributed by atoms with Crippen molar-refractivity contribution in [1.82, 2.24) is 35.2 Å². The van der Waals surface area contributed by atoms with Crippen molar-refractivity contribution in [2.24, 2.45) is 0 Å². The zero-order chi connectivity index (χ0) is 21.8. The molecular formula is C21H19FN8O. The van der Waals surface area contributed by atoms with E-state index < -0.39 is 5.83 Å². The summed E-state index contributed by atoms with van der Waals surface area (Å²) in [5.74, 6) is 0.970. The zero-order valence-corrected chi connectivity index (χ0v) is 16.9. The second kappa shape index (κ2) is 8.66. The van der Waals surface area contributed by atoms with Crippen LogP contribution in [0.2, 0.25) is 0 Å². The van der Waals surface area contributed by atoms with Crippen LogP contribution in [0.1, 0.15) is 11.4 Å². The molecule has 9 nitrogen and oxygen atoms in total. The number of halogens is 1. The Hall–Kier alpha value is -4.21. The molecule has 0 aromatic carbocycles. The van der Waals surface area contributed by atoms with E-state index in [2.05, 4.69) is 47.1 Å². The van der Waals surface area contributed by atoms with Crippen LogP contribution in [0, 0.1) is 6.92 Å². The molecule has 0 amide bonds. The van der Waals surface area contributed by atoms with Gasteiger partial charge in [0.25, 0.3) is 0 Å². The van der Waals surface area contributed by atoms with Gasteiger partial charge in [-0.2, -0.15) is 9.97 Å². The summed E-state index contributed by atoms with van der Waals surface area (Å²) in [5.41, 5.74) is 2.58. The van der Waals surface area contributed by atoms with E-state index in [4.69, 9.17) is 4.74 Å². The molecule has 3 aromatic heterocycles. The second-order valence-corrected chi connectivity index (χ2v) is 6.60. The maximum atomic E-state index is 14.5. The summed E-state index contributed by atoms with van der Waals surface area (Å²) in [6, 6.07) is 0.0593. The Morgan fingerprint density at radius 1 is 1.10 bits per heavy atom. The standard InChI is InChI=1S/C21H19FN8O/c1-12-4-15(22)5-16(23-3)8-28-20-18(12)19(14-6-24-11-25-7-14)29-21(30-20)31-17-9-26-13(2)27-10-17/h4-7,9-11,23H,1,8H2,2-3H3,(H,28,29,30)/b15-4+,16-5+. The summed E-state index contributed by atoms with van der Waals surface area (Å²) < 4.78 is 20.3. The predicted octanol–water partition coefficient (Wildman–Crippen LogP) is 3.22. The fraction of sp³-hybridized carbons (Fsp3) is 0.143. The normalized spacial score (nSPS) is 16.9. The summed E-state index contributed by atoms with van der Waals surface area (Å²) in [6.45, 7) is 6.10. The highest BCUT2D eigenvalue weighted by molar-refractivity contribution is 5.88. The topological polar surface area (TPSA) is 111 Å². The minimum atomic E-state index is -0.448. The molecule has 10 heteroatoms. The van der Waals surface area contributed by atoms with Gasteiger partial charge in [-0.25, -0.2) is 24.3 Å². The van der Waals surface area contributed by atoms with Crippen LogP contribution in [0.3, 0.4) is 0 Å². The first kappa shape index (κ1) is 20.1. The fourth-order valence-electron chi connectivity index (χ4n) is 2.92. The summed E-state index contributed by atoms with van der Waals surface area (Å²) in [7, 11) is 1.72. The third kappa shape index (κ3) is 4.53. The van der Waals surface area contributed by atoms with Crippen LogP contribution in [-0.4, -0.2) is 43.5 Å². The van der Waals surface area contributed by atoms with E-state index in [1.165, 1.54) is 30.9 Å². The van der Waals surface area contributed by atoms with Gasteiger partial charge >= 0.3 is 6.01 Å². The summed E-state index contributed by atoms with van der Waals surface area (Å²) in [5, 5.41) is 6.17. The lowest BCUT2D eigenvalue weighted by atomic mass is 10.0. The first-order chi connectivity index (χ1) is 15.0. The fourth-order valence-corrected chi connectivity index (χ4v) is 2.92. The van der Waals surface area contributed by atoms with Gasteiger partial charge < -0.3 is 15.4 Å². The molecule has 4 rings (SSSR count). The lowest BCUT2D eigenvalue weighted by molar-refractivity contribution is 0.438. The van der Waals surface area contributed by atoms with Gasteiger partial charge in [0.15, 0.2) is 5.75 Å². The summed E-state index contributed by atoms with van der Waals surface area (Å²) >= 11 is 0. The number of allylic oxidation sites excluding steroid dienone is 4. The third-order valence-electron chi connectivity index (χ3n) is 4.40. The molecule has 0 saturated heterocycles. The average molecular weight is 418 g/mol. The van der Waals surface area contributed by atoms with Gasteiger partial charge in [-0.1, -0.05) is 6.58 Å². The molecule has 3 aromatic rings. The average Bonchev–Trinajstić information content (AvgIpc) is 2.83. The minimum Gasteiger partial charge on any atom is -0.421 e. The van der Waals surface area contributed by atoms with Crippen LogP contribution in [0.15, 0.2) is 61.4 Å². The zero-order valence-electron chi connectivity index (χ0n) is 16.9. The van der Waals surface area contributed by atoms with Gasteiger partial charge in [-0.3, -0.25) is 0 Å². The van der Waals surface area contributed by atoms with Crippen molar-refractivity contribution in [2.75, 3.05) is 18.9 Å². The first-order valence-electron chi connectivity index (χ1n) is 9.36. The smallest absolute Gasteiger partial charge is 0.324 e. The number of fused-ring (bicyclic) bond motifs is 1. The van der Waals surface area contributed by atoms with E-state index in [0.717, 1.165) is 0 Å². The van der Waals surface area contributed by atoms with Crippen molar-refractivity contribution in [2.45, 2.75) is 6.92 Å². The van der Waals surface area contributed by atoms with Crippen LogP contribution in [0.5, 0.6) is 11.8 Å². The molecule has 1 aliphatic rings. The van der Waals surface area contributed by atoms with Gasteiger partial charge in [0, 0.05) is 30.7 Å². The number of nitrogens with one attached hydrogen (secondary N) is 2. The lowest BCUT2D eigenvalue weighted by Crippen LogP contribution is -2.17. The highest BCUT2D eigenvalue weighted by atomic mass is 19.1. The molecule has 0 aliphatic carbocycles. The number of nitrogens with zero attached hydrogens (tertiary/aromatic N) is 6. The van der Waals surface area contributed by atoms with E-state index in [1.807, 2.05) is 0 Å². The van der Waals surface area contributed by atoms with E-state index in [9.17, 15) is 4.39 Å². The van der Waals surface area contributed by atoms with Gasteiger partial charge in [-0.05, 0) is 24.6 Å². The van der Waals surface area contributed by atoms with Crippen LogP contribution < -0.4 is 15.4 Å². The van der Waals surface area contributed by atoms with E-state index >= 15 is 0 Å². The maximum Gasteiger partial charge on any atom is 0.324 e. The summed E-state index contributed by atoms with van der Waals surface area (Å²) in [6.07, 6.45) is 10.4. The molecular weight excluding hydrogens is 399 g/mol. The predicted molar refractivity (Wildman–Crippen MR) is 114 cm³/mol. The van der Waals surface area contributed by atoms with Crippen molar-refractivity contribution in [1.29, 1.82) is 0 Å². The molecule has 31 heavy (non-hydrogen) atoms. The van der Waals surface area contributed by atoms with Crippen molar-refractivity contribution >= 4 is 11.4 Å². The molecule has 2 N–H and O–H groups in total. The van der Waals surface area contributed by atoms with Crippen molar-refractivity contribution < 1.29 is 9.13 Å². The second-order valence-electron chi connectivity index (χ2n) is 6.60. The summed E-state index contributed by atoms with van der Waals surface area (Å²) in [4.78, 5) is 25.4. The minimum absolute atomic E-state index is 0.0593. The monoisotopic (exact) mass is 418 g/mol. The van der Waals surface area contributed by atoms with E-state index in [0.29, 0.717) is 52.0 Å². The first-order valence-corrected chi connectivity index (χ1v) is 9.36. The Kier molecular flexibility index (Phi) is 5.61. The number of hydrogen-bond donors (Lipinski definition) is 2. The third-order valence-corrected chi connectivity index (χ3v) is 4.40. The SMILES string of the molecule is C=C1/C=C(F)\C=C(\NC)CNc2nc(Oc3cnc(C)nc3)nc(-c3cncnc3)c21. The van der Waals surface area contributed by atoms with Crippen molar-refractivity contribution in [3.8, 4) is 23.0 Å². The molecule has 0 saturated carbocycles. The number of hydrogen-bond acceptors (Lipinski definition) is 9. The lowest BCUT2D eigenvalue weighted by Gasteiger charge is -2.16. The Balaban J connectivity index is 1.87. The molecule has 0 spiro atoms. The van der Waals surface area contributed by atoms with Crippen LogP contribution in [-0.2, 0) is 0 Å². The van der Waals surface area contributed by atoms with E-state index in [1.54, 1.807) is 26.4 Å². The Bertz CT molecular complexity index is 1180. The van der Waals surface area contributed by atoms with Crippen molar-refractivity contribution in [3.05, 3.63) is 72.8 Å². The highest BCUT2D eigenvalue weighted by Gasteiger charge is 2.21. The number of anilines is 1. The molecule has 156 valence electrons.